The van der Waals surface area contributed by atoms with E-state index >= 15 is 0 Å². The van der Waals surface area contributed by atoms with Crippen LogP contribution < -0.4 is 9.47 Å². The highest BCUT2D eigenvalue weighted by Gasteiger charge is 2.78. The summed E-state index contributed by atoms with van der Waals surface area (Å²) in [6.45, 7) is 3.76. The maximum absolute atomic E-state index is 13.3. The fourth-order valence-electron chi connectivity index (χ4n) is 4.73. The van der Waals surface area contributed by atoms with Crippen molar-refractivity contribution in [1.29, 1.82) is 5.26 Å². The van der Waals surface area contributed by atoms with Crippen LogP contribution in [0.2, 0.25) is 0 Å². The number of fused-ring (bicyclic) bond motifs is 2. The van der Waals surface area contributed by atoms with Crippen molar-refractivity contribution in [2.24, 2.45) is 5.41 Å². The maximum atomic E-state index is 13.3. The lowest BCUT2D eigenvalue weighted by molar-refractivity contribution is -0.159. The first-order valence-electron chi connectivity index (χ1n) is 8.40. The van der Waals surface area contributed by atoms with Crippen molar-refractivity contribution >= 4 is 23.6 Å². The van der Waals surface area contributed by atoms with Crippen molar-refractivity contribution in [3.63, 3.8) is 0 Å². The summed E-state index contributed by atoms with van der Waals surface area (Å²) in [4.78, 5) is 27.6. The molecule has 26 heavy (non-hydrogen) atoms. The molecule has 5 rings (SSSR count). The normalized spacial score (nSPS) is 39.5. The molecule has 2 amide bonds. The van der Waals surface area contributed by atoms with Crippen LogP contribution in [-0.2, 0) is 9.59 Å². The highest BCUT2D eigenvalue weighted by Crippen LogP contribution is 2.69. The number of amides is 2. The van der Waals surface area contributed by atoms with Crippen LogP contribution >= 0.6 is 11.8 Å². The predicted molar refractivity (Wildman–Crippen MR) is 92.0 cm³/mol. The van der Waals surface area contributed by atoms with Crippen molar-refractivity contribution in [2.75, 3.05) is 13.8 Å². The molecule has 0 unspecified atom stereocenters. The van der Waals surface area contributed by atoms with E-state index in [-0.39, 0.29) is 18.6 Å². The third kappa shape index (κ3) is 1.52. The molecular formula is C18H17N3O4S. The monoisotopic (exact) mass is 371 g/mol. The van der Waals surface area contributed by atoms with Crippen molar-refractivity contribution in [2.45, 2.75) is 36.1 Å². The Hall–Kier alpha value is -2.40. The molecule has 3 saturated heterocycles. The van der Waals surface area contributed by atoms with E-state index in [1.165, 1.54) is 16.7 Å². The van der Waals surface area contributed by atoms with E-state index in [0.717, 1.165) is 5.56 Å². The summed E-state index contributed by atoms with van der Waals surface area (Å²) in [5, 5.41) is 9.95. The second-order valence-corrected chi connectivity index (χ2v) is 9.30. The van der Waals surface area contributed by atoms with Gasteiger partial charge in [-0.15, -0.1) is 0 Å². The second kappa shape index (κ2) is 4.46. The first-order chi connectivity index (χ1) is 12.3. The first kappa shape index (κ1) is 15.8. The molecule has 0 aliphatic carbocycles. The minimum atomic E-state index is -1.01. The molecule has 4 heterocycles. The fourth-order valence-corrected chi connectivity index (χ4v) is 6.67. The number of benzene rings is 1. The van der Waals surface area contributed by atoms with Gasteiger partial charge in [0.15, 0.2) is 21.2 Å². The summed E-state index contributed by atoms with van der Waals surface area (Å²) in [5.74, 6) is 1.02. The largest absolute Gasteiger partial charge is 0.454 e. The van der Waals surface area contributed by atoms with Crippen molar-refractivity contribution in [1.82, 2.24) is 9.80 Å². The molecule has 3 fully saturated rings. The minimum absolute atomic E-state index is 0.102. The Morgan fingerprint density at radius 3 is 2.69 bits per heavy atom. The molecular weight excluding hydrogens is 354 g/mol. The molecule has 0 aromatic heterocycles. The Labute approximate surface area is 154 Å². The van der Waals surface area contributed by atoms with E-state index in [2.05, 4.69) is 6.07 Å². The number of rotatable bonds is 1. The van der Waals surface area contributed by atoms with E-state index in [9.17, 15) is 14.9 Å². The molecule has 0 radical (unpaired) electrons. The third-order valence-electron chi connectivity index (χ3n) is 6.09. The van der Waals surface area contributed by atoms with Crippen LogP contribution in [0.3, 0.4) is 0 Å². The average molecular weight is 371 g/mol. The molecule has 1 aromatic rings. The van der Waals surface area contributed by atoms with Crippen LogP contribution in [0.5, 0.6) is 11.5 Å². The van der Waals surface area contributed by atoms with Gasteiger partial charge in [0.05, 0.1) is 17.5 Å². The van der Waals surface area contributed by atoms with Crippen LogP contribution in [-0.4, -0.2) is 45.2 Å². The zero-order valence-corrected chi connectivity index (χ0v) is 15.4. The number of likely N-dealkylation sites (N-methyl/N-ethyl adjacent to an activating group) is 1. The van der Waals surface area contributed by atoms with Gasteiger partial charge in [-0.25, -0.2) is 0 Å². The Kier molecular flexibility index (Phi) is 2.72. The van der Waals surface area contributed by atoms with Crippen molar-refractivity contribution < 1.29 is 19.1 Å². The van der Waals surface area contributed by atoms with E-state index in [1.807, 2.05) is 19.1 Å². The van der Waals surface area contributed by atoms with Crippen molar-refractivity contribution in [3.8, 4) is 17.6 Å². The SMILES string of the molecule is CN1C(=O)[C@@]23C[C@](C)(C#N)[C@H](c4ccc5c(c4)OCO5)N2C(=O)[C@@]1(C)S3. The Morgan fingerprint density at radius 2 is 1.96 bits per heavy atom. The first-order valence-corrected chi connectivity index (χ1v) is 9.21. The van der Waals surface area contributed by atoms with Gasteiger partial charge in [-0.1, -0.05) is 17.8 Å². The molecule has 4 aliphatic heterocycles. The van der Waals surface area contributed by atoms with E-state index in [0.29, 0.717) is 17.9 Å². The molecule has 8 heteroatoms. The number of ether oxygens (including phenoxy) is 2. The van der Waals surface area contributed by atoms with Gasteiger partial charge in [0.1, 0.15) is 0 Å². The molecule has 4 atom stereocenters. The predicted octanol–water partition coefficient (Wildman–Crippen LogP) is 1.85. The standard InChI is InChI=1S/C18H17N3O4S/c1-16(8-19)7-18-15(23)20(3)17(2,26-18)14(22)21(18)13(16)10-4-5-11-12(6-10)25-9-24-11/h4-6,13H,7,9H2,1-3H3/t13-,16+,17+,18-/m0/s1. The third-order valence-corrected chi connectivity index (χ3v) is 7.79. The zero-order valence-electron chi connectivity index (χ0n) is 14.6. The topological polar surface area (TPSA) is 82.9 Å². The molecule has 2 bridgehead atoms. The Bertz CT molecular complexity index is 930. The Balaban J connectivity index is 1.69. The lowest BCUT2D eigenvalue weighted by atomic mass is 9.79. The number of carbonyl (C=O) groups excluding carboxylic acids is 2. The zero-order chi connectivity index (χ0) is 18.5. The van der Waals surface area contributed by atoms with Crippen LogP contribution in [0.1, 0.15) is 31.9 Å². The fraction of sp³-hybridized carbons (Fsp3) is 0.500. The molecule has 7 nitrogen and oxygen atoms in total. The molecule has 1 aromatic carbocycles. The van der Waals surface area contributed by atoms with Crippen LogP contribution in [0, 0.1) is 16.7 Å². The van der Waals surface area contributed by atoms with Gasteiger partial charge in [-0.3, -0.25) is 9.59 Å². The quantitative estimate of drug-likeness (QED) is 0.749. The van der Waals surface area contributed by atoms with Gasteiger partial charge in [0.2, 0.25) is 6.79 Å². The Morgan fingerprint density at radius 1 is 1.23 bits per heavy atom. The van der Waals surface area contributed by atoms with Crippen LogP contribution in [0.4, 0.5) is 0 Å². The van der Waals surface area contributed by atoms with E-state index < -0.39 is 21.2 Å². The number of carbonyl (C=O) groups is 2. The van der Waals surface area contributed by atoms with Gasteiger partial charge in [0, 0.05) is 13.5 Å². The van der Waals surface area contributed by atoms with Gasteiger partial charge < -0.3 is 19.3 Å². The van der Waals surface area contributed by atoms with E-state index in [1.54, 1.807) is 24.9 Å². The average Bonchev–Trinajstić information content (AvgIpc) is 3.28. The molecule has 134 valence electrons. The summed E-state index contributed by atoms with van der Waals surface area (Å²) < 4.78 is 10.8. The number of thioether (sulfide) groups is 1. The van der Waals surface area contributed by atoms with Crippen LogP contribution in [0.15, 0.2) is 18.2 Å². The smallest absolute Gasteiger partial charge is 0.261 e. The number of hydrogen-bond donors (Lipinski definition) is 0. The van der Waals surface area contributed by atoms with Crippen molar-refractivity contribution in [3.05, 3.63) is 23.8 Å². The summed E-state index contributed by atoms with van der Waals surface area (Å²) in [7, 11) is 1.66. The van der Waals surface area contributed by atoms with Gasteiger partial charge >= 0.3 is 0 Å². The molecule has 0 N–H and O–H groups in total. The summed E-state index contributed by atoms with van der Waals surface area (Å²) in [6.07, 6.45) is 0.310. The maximum Gasteiger partial charge on any atom is 0.261 e. The molecule has 0 saturated carbocycles. The minimum Gasteiger partial charge on any atom is -0.454 e. The second-order valence-electron chi connectivity index (χ2n) is 7.63. The number of hydrogen-bond acceptors (Lipinski definition) is 6. The summed E-state index contributed by atoms with van der Waals surface area (Å²) >= 11 is 1.36. The number of nitrogens with zero attached hydrogens (tertiary/aromatic N) is 3. The summed E-state index contributed by atoms with van der Waals surface area (Å²) in [6, 6.07) is 7.34. The lowest BCUT2D eigenvalue weighted by Crippen LogP contribution is -2.60. The molecule has 1 spiro atoms. The lowest BCUT2D eigenvalue weighted by Gasteiger charge is -2.40. The van der Waals surface area contributed by atoms with E-state index in [4.69, 9.17) is 9.47 Å². The highest BCUT2D eigenvalue weighted by atomic mass is 32.2. The number of nitriles is 1. The van der Waals surface area contributed by atoms with Gasteiger partial charge in [0.25, 0.3) is 11.8 Å². The van der Waals surface area contributed by atoms with Gasteiger partial charge in [-0.2, -0.15) is 5.26 Å². The number of piperazine rings is 1. The van der Waals surface area contributed by atoms with Crippen LogP contribution in [0.25, 0.3) is 0 Å². The van der Waals surface area contributed by atoms with Gasteiger partial charge in [-0.05, 0) is 31.5 Å². The summed E-state index contributed by atoms with van der Waals surface area (Å²) in [5.41, 5.74) is -0.0887. The highest BCUT2D eigenvalue weighted by molar-refractivity contribution is 8.04. The molecule has 4 aliphatic rings.